The second kappa shape index (κ2) is 8.69. The molecule has 1 unspecified atom stereocenters. The molecule has 2 aliphatic rings. The van der Waals surface area contributed by atoms with Crippen LogP contribution >= 0.6 is 11.8 Å². The summed E-state index contributed by atoms with van der Waals surface area (Å²) in [4.78, 5) is 16.6. The van der Waals surface area contributed by atoms with Crippen molar-refractivity contribution in [3.05, 3.63) is 65.4 Å². The topological polar surface area (TPSA) is 80.9 Å². The van der Waals surface area contributed by atoms with E-state index in [1.54, 1.807) is 6.20 Å². The van der Waals surface area contributed by atoms with Gasteiger partial charge in [-0.25, -0.2) is 0 Å². The first-order valence-electron chi connectivity index (χ1n) is 11.8. The molecule has 7 heteroatoms. The van der Waals surface area contributed by atoms with Crippen LogP contribution in [0.4, 0.5) is 0 Å². The first-order chi connectivity index (χ1) is 16.0. The van der Waals surface area contributed by atoms with Crippen LogP contribution in [0.25, 0.3) is 11.3 Å². The van der Waals surface area contributed by atoms with Crippen molar-refractivity contribution in [1.29, 1.82) is 0 Å². The van der Waals surface area contributed by atoms with Gasteiger partial charge in [0.2, 0.25) is 0 Å². The van der Waals surface area contributed by atoms with Crippen molar-refractivity contribution in [3.63, 3.8) is 0 Å². The van der Waals surface area contributed by atoms with E-state index < -0.39 is 0 Å². The van der Waals surface area contributed by atoms with Gasteiger partial charge in [-0.1, -0.05) is 31.2 Å². The lowest BCUT2D eigenvalue weighted by atomic mass is 9.93. The van der Waals surface area contributed by atoms with Crippen molar-refractivity contribution in [1.82, 2.24) is 19.7 Å². The van der Waals surface area contributed by atoms with Crippen molar-refractivity contribution in [2.75, 3.05) is 12.4 Å². The largest absolute Gasteiger partial charge is 0.395 e. The predicted octanol–water partition coefficient (Wildman–Crippen LogP) is 4.44. The standard InChI is InChI=1S/C26H30N4O2S/c1-3-4-22(32)19-7-10-21(27-16-19)18-5-8-20(9-6-18)26(11-12-26)24-29-28-23-15-25(2,17-31)33-14-13-30(23)24/h5-10,16,31H,3-4,11-15,17H2,1-2H3. The average Bonchev–Trinajstić information content (AvgIpc) is 3.59. The fourth-order valence-electron chi connectivity index (χ4n) is 4.75. The second-order valence-corrected chi connectivity index (χ2v) is 11.2. The molecule has 1 aliphatic heterocycles. The molecule has 3 heterocycles. The second-order valence-electron chi connectivity index (χ2n) is 9.49. The summed E-state index contributed by atoms with van der Waals surface area (Å²) < 4.78 is 2.10. The maximum atomic E-state index is 12.1. The molecule has 0 amide bonds. The number of rotatable bonds is 7. The van der Waals surface area contributed by atoms with Crippen LogP contribution < -0.4 is 0 Å². The molecule has 33 heavy (non-hydrogen) atoms. The quantitative estimate of drug-likeness (QED) is 0.523. The zero-order valence-corrected chi connectivity index (χ0v) is 20.1. The van der Waals surface area contributed by atoms with E-state index in [-0.39, 0.29) is 22.6 Å². The summed E-state index contributed by atoms with van der Waals surface area (Å²) in [7, 11) is 0. The molecule has 0 bridgehead atoms. The molecule has 0 radical (unpaired) electrons. The van der Waals surface area contributed by atoms with Gasteiger partial charge in [0.15, 0.2) is 5.78 Å². The molecule has 5 rings (SSSR count). The molecule has 0 spiro atoms. The van der Waals surface area contributed by atoms with Gasteiger partial charge in [-0.2, -0.15) is 11.8 Å². The highest BCUT2D eigenvalue weighted by Gasteiger charge is 2.50. The van der Waals surface area contributed by atoms with Gasteiger partial charge in [0.05, 0.1) is 17.7 Å². The van der Waals surface area contributed by atoms with Crippen molar-refractivity contribution >= 4 is 17.5 Å². The Hall–Kier alpha value is -2.51. The summed E-state index contributed by atoms with van der Waals surface area (Å²) in [5.41, 5.74) is 3.78. The molecule has 0 saturated heterocycles. The summed E-state index contributed by atoms with van der Waals surface area (Å²) in [6.45, 7) is 5.14. The number of nitrogens with zero attached hydrogens (tertiary/aromatic N) is 4. The smallest absolute Gasteiger partial charge is 0.164 e. The van der Waals surface area contributed by atoms with Crippen LogP contribution in [0.3, 0.4) is 0 Å². The number of hydrogen-bond donors (Lipinski definition) is 1. The minimum atomic E-state index is -0.194. The maximum absolute atomic E-state index is 12.1. The van der Waals surface area contributed by atoms with Crippen molar-refractivity contribution in [2.24, 2.45) is 0 Å². The fraction of sp³-hybridized carbons (Fsp3) is 0.462. The third-order valence-corrected chi connectivity index (χ3v) is 8.29. The van der Waals surface area contributed by atoms with Crippen LogP contribution in [0.2, 0.25) is 0 Å². The van der Waals surface area contributed by atoms with E-state index in [1.807, 2.05) is 30.8 Å². The van der Waals surface area contributed by atoms with Gasteiger partial charge < -0.3 is 9.67 Å². The lowest BCUT2D eigenvalue weighted by Crippen LogP contribution is -2.28. The summed E-state index contributed by atoms with van der Waals surface area (Å²) in [5.74, 6) is 3.14. The highest BCUT2D eigenvalue weighted by atomic mass is 32.2. The Balaban J connectivity index is 1.39. The summed E-state index contributed by atoms with van der Waals surface area (Å²) in [5, 5.41) is 19.0. The minimum absolute atomic E-state index is 0.0712. The number of ketones is 1. The zero-order chi connectivity index (χ0) is 23.1. The van der Waals surface area contributed by atoms with Crippen LogP contribution in [-0.2, 0) is 18.4 Å². The van der Waals surface area contributed by atoms with Crippen LogP contribution in [0.15, 0.2) is 42.6 Å². The Kier molecular flexibility index (Phi) is 5.87. The molecule has 1 aromatic carbocycles. The molecule has 172 valence electrons. The number of fused-ring (bicyclic) bond motifs is 1. The first kappa shape index (κ1) is 22.3. The SMILES string of the molecule is CCCC(=O)c1ccc(-c2ccc(C3(c4nnc5n4CCSC(C)(CO)C5)CC3)cc2)nc1. The molecule has 1 N–H and O–H groups in total. The highest BCUT2D eigenvalue weighted by molar-refractivity contribution is 8.00. The molecular formula is C26H30N4O2S. The van der Waals surface area contributed by atoms with Gasteiger partial charge in [-0.15, -0.1) is 10.2 Å². The number of pyridine rings is 1. The zero-order valence-electron chi connectivity index (χ0n) is 19.3. The Morgan fingerprint density at radius 2 is 1.94 bits per heavy atom. The number of aromatic nitrogens is 4. The normalized spacial score (nSPS) is 21.3. The van der Waals surface area contributed by atoms with E-state index >= 15 is 0 Å². The van der Waals surface area contributed by atoms with Crippen LogP contribution in [-0.4, -0.2) is 47.7 Å². The number of carbonyl (C=O) groups is 1. The van der Waals surface area contributed by atoms with Crippen LogP contribution in [0.5, 0.6) is 0 Å². The first-order valence-corrected chi connectivity index (χ1v) is 12.7. The summed E-state index contributed by atoms with van der Waals surface area (Å²) in [6, 6.07) is 12.4. The molecule has 1 fully saturated rings. The average molecular weight is 463 g/mol. The van der Waals surface area contributed by atoms with Gasteiger partial charge in [0.25, 0.3) is 0 Å². The Bertz CT molecular complexity index is 1150. The van der Waals surface area contributed by atoms with Crippen LogP contribution in [0, 0.1) is 0 Å². The third-order valence-electron chi connectivity index (χ3n) is 6.93. The number of hydrogen-bond acceptors (Lipinski definition) is 6. The molecule has 3 aromatic rings. The maximum Gasteiger partial charge on any atom is 0.164 e. The molecular weight excluding hydrogens is 432 g/mol. The van der Waals surface area contributed by atoms with Gasteiger partial charge in [0, 0.05) is 47.2 Å². The van der Waals surface area contributed by atoms with E-state index in [9.17, 15) is 9.90 Å². The fourth-order valence-corrected chi connectivity index (χ4v) is 5.84. The molecule has 6 nitrogen and oxygen atoms in total. The predicted molar refractivity (Wildman–Crippen MR) is 131 cm³/mol. The lowest BCUT2D eigenvalue weighted by molar-refractivity contribution is 0.0981. The number of thioether (sulfide) groups is 1. The Morgan fingerprint density at radius 1 is 1.15 bits per heavy atom. The van der Waals surface area contributed by atoms with E-state index in [4.69, 9.17) is 0 Å². The molecule has 1 atom stereocenters. The number of aliphatic hydroxyl groups excluding tert-OH is 1. The van der Waals surface area contributed by atoms with Crippen molar-refractivity contribution in [2.45, 2.75) is 62.7 Å². The van der Waals surface area contributed by atoms with E-state index in [2.05, 4.69) is 50.9 Å². The summed E-state index contributed by atoms with van der Waals surface area (Å²) >= 11 is 1.82. The number of aliphatic hydroxyl groups is 1. The minimum Gasteiger partial charge on any atom is -0.395 e. The Labute approximate surface area is 198 Å². The number of Topliss-reactive ketones (excluding diaryl/α,β-unsaturated/α-hetero) is 1. The monoisotopic (exact) mass is 462 g/mol. The van der Waals surface area contributed by atoms with Crippen LogP contribution in [0.1, 0.15) is 67.1 Å². The lowest BCUT2D eigenvalue weighted by Gasteiger charge is -2.23. The molecule has 1 saturated carbocycles. The third kappa shape index (κ3) is 4.13. The van der Waals surface area contributed by atoms with Crippen molar-refractivity contribution in [3.8, 4) is 11.3 Å². The molecule has 2 aromatic heterocycles. The Morgan fingerprint density at radius 3 is 2.58 bits per heavy atom. The van der Waals surface area contributed by atoms with E-state index in [0.29, 0.717) is 12.0 Å². The van der Waals surface area contributed by atoms with E-state index in [1.165, 1.54) is 5.56 Å². The highest BCUT2D eigenvalue weighted by Crippen LogP contribution is 2.53. The van der Waals surface area contributed by atoms with Gasteiger partial charge in [-0.05, 0) is 43.9 Å². The summed E-state index contributed by atoms with van der Waals surface area (Å²) in [6.07, 6.45) is 5.97. The van der Waals surface area contributed by atoms with Gasteiger partial charge in [-0.3, -0.25) is 9.78 Å². The van der Waals surface area contributed by atoms with Gasteiger partial charge in [0.1, 0.15) is 11.6 Å². The number of benzene rings is 1. The van der Waals surface area contributed by atoms with Gasteiger partial charge >= 0.3 is 0 Å². The van der Waals surface area contributed by atoms with E-state index in [0.717, 1.165) is 60.9 Å². The molecule has 1 aliphatic carbocycles. The van der Waals surface area contributed by atoms with Crippen molar-refractivity contribution < 1.29 is 9.90 Å². The number of carbonyl (C=O) groups excluding carboxylic acids is 1.